The fourth-order valence-electron chi connectivity index (χ4n) is 1.70. The fourth-order valence-corrected chi connectivity index (χ4v) is 1.70. The van der Waals surface area contributed by atoms with E-state index in [4.69, 9.17) is 4.74 Å². The third kappa shape index (κ3) is 1.18. The first-order valence-corrected chi connectivity index (χ1v) is 4.23. The highest BCUT2D eigenvalue weighted by Crippen LogP contribution is 2.26. The van der Waals surface area contributed by atoms with Gasteiger partial charge in [0.15, 0.2) is 0 Å². The first-order valence-electron chi connectivity index (χ1n) is 4.23. The summed E-state index contributed by atoms with van der Waals surface area (Å²) in [5.41, 5.74) is 2.77. The summed E-state index contributed by atoms with van der Waals surface area (Å²) in [6.45, 7) is 1.80. The van der Waals surface area contributed by atoms with Gasteiger partial charge in [-0.25, -0.2) is 0 Å². The van der Waals surface area contributed by atoms with E-state index >= 15 is 0 Å². The molecule has 0 radical (unpaired) electrons. The number of anilines is 1. The minimum absolute atomic E-state index is 0.705. The van der Waals surface area contributed by atoms with Crippen molar-refractivity contribution in [2.75, 3.05) is 25.3 Å². The van der Waals surface area contributed by atoms with E-state index in [1.807, 2.05) is 0 Å². The standard InChI is InChI=1S/C10H13NO/c1-12-8-11-7-6-9-4-2-3-5-10(9)11/h2-5H,6-8H2,1H3. The van der Waals surface area contributed by atoms with E-state index in [0.29, 0.717) is 6.73 Å². The number of fused-ring (bicyclic) bond motifs is 1. The van der Waals surface area contributed by atoms with Crippen LogP contribution in [0, 0.1) is 0 Å². The summed E-state index contributed by atoms with van der Waals surface area (Å²) in [5.74, 6) is 0. The Balaban J connectivity index is 2.24. The quantitative estimate of drug-likeness (QED) is 0.657. The number of benzene rings is 1. The summed E-state index contributed by atoms with van der Waals surface area (Å²) in [7, 11) is 1.74. The minimum atomic E-state index is 0.705. The molecular formula is C10H13NO. The van der Waals surface area contributed by atoms with Crippen LogP contribution in [0.5, 0.6) is 0 Å². The molecule has 0 spiro atoms. The lowest BCUT2D eigenvalue weighted by atomic mass is 10.2. The molecule has 1 aliphatic heterocycles. The van der Waals surface area contributed by atoms with Gasteiger partial charge in [0, 0.05) is 19.3 Å². The van der Waals surface area contributed by atoms with Crippen LogP contribution in [0.15, 0.2) is 24.3 Å². The van der Waals surface area contributed by atoms with Gasteiger partial charge in [-0.05, 0) is 18.1 Å². The van der Waals surface area contributed by atoms with Gasteiger partial charge in [-0.3, -0.25) is 0 Å². The Bertz CT molecular complexity index is 270. The number of para-hydroxylation sites is 1. The predicted octanol–water partition coefficient (Wildman–Crippen LogP) is 1.65. The van der Waals surface area contributed by atoms with Gasteiger partial charge < -0.3 is 9.64 Å². The third-order valence-electron chi connectivity index (χ3n) is 2.27. The molecule has 0 fully saturated rings. The van der Waals surface area contributed by atoms with Crippen LogP contribution >= 0.6 is 0 Å². The molecule has 0 aliphatic carbocycles. The van der Waals surface area contributed by atoms with Crippen LogP contribution in [-0.4, -0.2) is 20.4 Å². The third-order valence-corrected chi connectivity index (χ3v) is 2.27. The maximum Gasteiger partial charge on any atom is 0.118 e. The molecule has 0 N–H and O–H groups in total. The Kier molecular flexibility index (Phi) is 2.00. The zero-order valence-corrected chi connectivity index (χ0v) is 7.29. The van der Waals surface area contributed by atoms with Crippen molar-refractivity contribution in [3.05, 3.63) is 29.8 Å². The number of hydrogen-bond acceptors (Lipinski definition) is 2. The van der Waals surface area contributed by atoms with Crippen LogP contribution in [-0.2, 0) is 11.2 Å². The minimum Gasteiger partial charge on any atom is -0.364 e. The lowest BCUT2D eigenvalue weighted by Gasteiger charge is -2.17. The maximum atomic E-state index is 5.11. The van der Waals surface area contributed by atoms with Crippen molar-refractivity contribution >= 4 is 5.69 Å². The largest absolute Gasteiger partial charge is 0.364 e. The molecule has 0 saturated carbocycles. The first-order chi connectivity index (χ1) is 5.92. The zero-order valence-electron chi connectivity index (χ0n) is 7.29. The first kappa shape index (κ1) is 7.62. The van der Waals surface area contributed by atoms with Gasteiger partial charge in [0.2, 0.25) is 0 Å². The van der Waals surface area contributed by atoms with E-state index in [2.05, 4.69) is 29.2 Å². The highest BCUT2D eigenvalue weighted by molar-refractivity contribution is 5.57. The zero-order chi connectivity index (χ0) is 8.39. The smallest absolute Gasteiger partial charge is 0.118 e. The van der Waals surface area contributed by atoms with Crippen molar-refractivity contribution in [3.8, 4) is 0 Å². The Morgan fingerprint density at radius 1 is 1.42 bits per heavy atom. The SMILES string of the molecule is COCN1CCc2ccccc21. The average molecular weight is 163 g/mol. The van der Waals surface area contributed by atoms with E-state index in [1.165, 1.54) is 11.3 Å². The van der Waals surface area contributed by atoms with Crippen LogP contribution in [0.2, 0.25) is 0 Å². The van der Waals surface area contributed by atoms with Gasteiger partial charge in [0.05, 0.1) is 0 Å². The second kappa shape index (κ2) is 3.15. The Labute approximate surface area is 72.8 Å². The molecule has 0 atom stereocenters. The highest BCUT2D eigenvalue weighted by atomic mass is 16.5. The van der Waals surface area contributed by atoms with Crippen LogP contribution in [0.1, 0.15) is 5.56 Å². The van der Waals surface area contributed by atoms with Gasteiger partial charge in [-0.15, -0.1) is 0 Å². The summed E-state index contributed by atoms with van der Waals surface area (Å²) in [4.78, 5) is 2.26. The van der Waals surface area contributed by atoms with Gasteiger partial charge in [-0.2, -0.15) is 0 Å². The molecule has 1 aromatic carbocycles. The van der Waals surface area contributed by atoms with Crippen molar-refractivity contribution in [1.29, 1.82) is 0 Å². The number of nitrogens with zero attached hydrogens (tertiary/aromatic N) is 1. The molecule has 1 aromatic rings. The molecule has 12 heavy (non-hydrogen) atoms. The predicted molar refractivity (Wildman–Crippen MR) is 49.4 cm³/mol. The van der Waals surface area contributed by atoms with Crippen molar-refractivity contribution in [2.24, 2.45) is 0 Å². The molecular weight excluding hydrogens is 150 g/mol. The van der Waals surface area contributed by atoms with Crippen LogP contribution in [0.3, 0.4) is 0 Å². The summed E-state index contributed by atoms with van der Waals surface area (Å²) in [6, 6.07) is 8.51. The fraction of sp³-hybridized carbons (Fsp3) is 0.400. The van der Waals surface area contributed by atoms with Crippen molar-refractivity contribution < 1.29 is 4.74 Å². The molecule has 0 amide bonds. The summed E-state index contributed by atoms with van der Waals surface area (Å²) in [5, 5.41) is 0. The molecule has 2 nitrogen and oxygen atoms in total. The Hall–Kier alpha value is -1.02. The monoisotopic (exact) mass is 163 g/mol. The Morgan fingerprint density at radius 2 is 2.25 bits per heavy atom. The molecule has 0 unspecified atom stereocenters. The molecule has 0 aromatic heterocycles. The summed E-state index contributed by atoms with van der Waals surface area (Å²) < 4.78 is 5.11. The van der Waals surface area contributed by atoms with Crippen LogP contribution < -0.4 is 4.90 Å². The Morgan fingerprint density at radius 3 is 3.08 bits per heavy atom. The van der Waals surface area contributed by atoms with Gasteiger partial charge in [0.25, 0.3) is 0 Å². The topological polar surface area (TPSA) is 12.5 Å². The summed E-state index contributed by atoms with van der Waals surface area (Å²) in [6.07, 6.45) is 1.15. The molecule has 2 rings (SSSR count). The second-order valence-electron chi connectivity index (χ2n) is 3.06. The van der Waals surface area contributed by atoms with Crippen molar-refractivity contribution in [1.82, 2.24) is 0 Å². The molecule has 64 valence electrons. The molecule has 0 bridgehead atoms. The van der Waals surface area contributed by atoms with Crippen molar-refractivity contribution in [3.63, 3.8) is 0 Å². The van der Waals surface area contributed by atoms with Gasteiger partial charge >= 0.3 is 0 Å². The lowest BCUT2D eigenvalue weighted by Crippen LogP contribution is -2.22. The molecule has 2 heteroatoms. The van der Waals surface area contributed by atoms with E-state index < -0.39 is 0 Å². The van der Waals surface area contributed by atoms with Crippen LogP contribution in [0.25, 0.3) is 0 Å². The molecule has 1 heterocycles. The molecule has 1 aliphatic rings. The van der Waals surface area contributed by atoms with E-state index in [0.717, 1.165) is 13.0 Å². The van der Waals surface area contributed by atoms with Crippen molar-refractivity contribution in [2.45, 2.75) is 6.42 Å². The van der Waals surface area contributed by atoms with Crippen LogP contribution in [0.4, 0.5) is 5.69 Å². The van der Waals surface area contributed by atoms with Gasteiger partial charge in [0.1, 0.15) is 6.73 Å². The van der Waals surface area contributed by atoms with E-state index in [9.17, 15) is 0 Å². The second-order valence-corrected chi connectivity index (χ2v) is 3.06. The number of ether oxygens (including phenoxy) is 1. The van der Waals surface area contributed by atoms with E-state index in [-0.39, 0.29) is 0 Å². The normalized spacial score (nSPS) is 14.9. The highest BCUT2D eigenvalue weighted by Gasteiger charge is 2.16. The average Bonchev–Trinajstić information content (AvgIpc) is 2.50. The number of rotatable bonds is 2. The van der Waals surface area contributed by atoms with E-state index in [1.54, 1.807) is 7.11 Å². The molecule has 0 saturated heterocycles. The lowest BCUT2D eigenvalue weighted by molar-refractivity contribution is 0.199. The van der Waals surface area contributed by atoms with Gasteiger partial charge in [-0.1, -0.05) is 18.2 Å². The number of hydrogen-bond donors (Lipinski definition) is 0. The maximum absolute atomic E-state index is 5.11. The summed E-state index contributed by atoms with van der Waals surface area (Å²) >= 11 is 0. The number of methoxy groups -OCH3 is 1.